The lowest BCUT2D eigenvalue weighted by Gasteiger charge is -2.35. The molecule has 1 amide bonds. The van der Waals surface area contributed by atoms with Crippen LogP contribution in [0.2, 0.25) is 0 Å². The first kappa shape index (κ1) is 16.4. The Labute approximate surface area is 137 Å². The van der Waals surface area contributed by atoms with E-state index in [1.54, 1.807) is 12.1 Å². The second kappa shape index (κ2) is 7.41. The molecule has 3 rings (SSSR count). The Morgan fingerprint density at radius 2 is 2.09 bits per heavy atom. The lowest BCUT2D eigenvalue weighted by Crippen LogP contribution is -2.47. The fourth-order valence-corrected chi connectivity index (χ4v) is 3.90. The van der Waals surface area contributed by atoms with Gasteiger partial charge in [-0.1, -0.05) is 12.1 Å². The highest BCUT2D eigenvalue weighted by molar-refractivity contribution is 5.79. The van der Waals surface area contributed by atoms with Gasteiger partial charge in [0.1, 0.15) is 5.82 Å². The highest BCUT2D eigenvalue weighted by Gasteiger charge is 2.34. The largest absolute Gasteiger partial charge is 0.338 e. The van der Waals surface area contributed by atoms with Gasteiger partial charge in [0, 0.05) is 32.2 Å². The molecule has 0 aromatic heterocycles. The van der Waals surface area contributed by atoms with Crippen molar-refractivity contribution in [2.45, 2.75) is 38.3 Å². The molecule has 2 atom stereocenters. The first-order valence-corrected chi connectivity index (χ1v) is 8.64. The number of benzene rings is 1. The van der Waals surface area contributed by atoms with Gasteiger partial charge in [-0.15, -0.1) is 0 Å². The van der Waals surface area contributed by atoms with Crippen molar-refractivity contribution in [3.05, 3.63) is 35.6 Å². The van der Waals surface area contributed by atoms with E-state index in [0.29, 0.717) is 13.1 Å². The van der Waals surface area contributed by atoms with E-state index in [4.69, 9.17) is 5.73 Å². The summed E-state index contributed by atoms with van der Waals surface area (Å²) >= 11 is 0. The number of halogens is 1. The number of piperidine rings is 1. The molecule has 0 saturated carbocycles. The molecule has 5 heteroatoms. The highest BCUT2D eigenvalue weighted by atomic mass is 19.1. The monoisotopic (exact) mass is 319 g/mol. The first-order chi connectivity index (χ1) is 11.2. The summed E-state index contributed by atoms with van der Waals surface area (Å²) in [7, 11) is 0. The van der Waals surface area contributed by atoms with Gasteiger partial charge in [0.2, 0.25) is 5.91 Å². The van der Waals surface area contributed by atoms with E-state index in [0.717, 1.165) is 50.9 Å². The van der Waals surface area contributed by atoms with E-state index in [1.807, 2.05) is 11.0 Å². The lowest BCUT2D eigenvalue weighted by atomic mass is 9.95. The topological polar surface area (TPSA) is 49.6 Å². The number of amides is 1. The molecule has 2 aliphatic heterocycles. The summed E-state index contributed by atoms with van der Waals surface area (Å²) in [6, 6.07) is 6.95. The Morgan fingerprint density at radius 3 is 2.87 bits per heavy atom. The van der Waals surface area contributed by atoms with Gasteiger partial charge in [-0.25, -0.2) is 4.39 Å². The number of hydrogen-bond donors (Lipinski definition) is 1. The molecule has 126 valence electrons. The number of carbonyl (C=O) groups excluding carboxylic acids is 1. The average Bonchev–Trinajstić information content (AvgIpc) is 3.03. The van der Waals surface area contributed by atoms with E-state index in [-0.39, 0.29) is 23.7 Å². The summed E-state index contributed by atoms with van der Waals surface area (Å²) in [5.74, 6) is 0.126. The van der Waals surface area contributed by atoms with Gasteiger partial charge in [-0.2, -0.15) is 0 Å². The molecule has 2 aliphatic rings. The number of carbonyl (C=O) groups is 1. The summed E-state index contributed by atoms with van der Waals surface area (Å²) in [6.07, 6.45) is 4.06. The van der Waals surface area contributed by atoms with Crippen LogP contribution in [0.25, 0.3) is 0 Å². The summed E-state index contributed by atoms with van der Waals surface area (Å²) in [6.45, 7) is 3.86. The summed E-state index contributed by atoms with van der Waals surface area (Å²) in [5, 5.41) is 0. The van der Waals surface area contributed by atoms with Crippen LogP contribution in [0.3, 0.4) is 0 Å². The molecule has 1 aromatic carbocycles. The fourth-order valence-electron chi connectivity index (χ4n) is 3.90. The minimum atomic E-state index is -0.199. The smallest absolute Gasteiger partial charge is 0.227 e. The van der Waals surface area contributed by atoms with Gasteiger partial charge in [0.25, 0.3) is 0 Å². The van der Waals surface area contributed by atoms with Gasteiger partial charge in [0.15, 0.2) is 0 Å². The Balaban J connectivity index is 1.60. The third-order valence-corrected chi connectivity index (χ3v) is 5.08. The van der Waals surface area contributed by atoms with Crippen molar-refractivity contribution in [2.75, 3.05) is 26.2 Å². The summed E-state index contributed by atoms with van der Waals surface area (Å²) < 4.78 is 13.3. The number of nitrogens with zero attached hydrogens (tertiary/aromatic N) is 2. The molecule has 2 heterocycles. The van der Waals surface area contributed by atoms with Crippen LogP contribution in [-0.4, -0.2) is 47.9 Å². The summed E-state index contributed by atoms with van der Waals surface area (Å²) in [5.41, 5.74) is 6.77. The number of hydrogen-bond acceptors (Lipinski definition) is 3. The predicted octanol–water partition coefficient (Wildman–Crippen LogP) is 1.99. The molecule has 2 fully saturated rings. The molecule has 4 nitrogen and oxygen atoms in total. The van der Waals surface area contributed by atoms with E-state index in [1.165, 1.54) is 6.07 Å². The van der Waals surface area contributed by atoms with Crippen LogP contribution in [0, 0.1) is 11.7 Å². The molecule has 0 radical (unpaired) electrons. The number of nitrogens with two attached hydrogens (primary N) is 1. The minimum absolute atomic E-state index is 0.0597. The molecular weight excluding hydrogens is 293 g/mol. The zero-order valence-electron chi connectivity index (χ0n) is 13.6. The number of likely N-dealkylation sites (tertiary alicyclic amines) is 2. The van der Waals surface area contributed by atoms with E-state index < -0.39 is 0 Å². The van der Waals surface area contributed by atoms with Crippen molar-refractivity contribution in [1.82, 2.24) is 9.80 Å². The molecule has 2 saturated heterocycles. The van der Waals surface area contributed by atoms with Crippen molar-refractivity contribution in [3.63, 3.8) is 0 Å². The van der Waals surface area contributed by atoms with Crippen molar-refractivity contribution in [1.29, 1.82) is 0 Å². The second-order valence-electron chi connectivity index (χ2n) is 6.77. The minimum Gasteiger partial charge on any atom is -0.338 e. The van der Waals surface area contributed by atoms with Crippen LogP contribution in [0.5, 0.6) is 0 Å². The van der Waals surface area contributed by atoms with Gasteiger partial charge in [-0.05, 0) is 49.9 Å². The van der Waals surface area contributed by atoms with E-state index >= 15 is 0 Å². The van der Waals surface area contributed by atoms with E-state index in [2.05, 4.69) is 4.90 Å². The molecule has 0 bridgehead atoms. The van der Waals surface area contributed by atoms with Crippen LogP contribution >= 0.6 is 0 Å². The standard InChI is InChI=1S/C18H26FN3O/c19-16-6-1-4-14(10-16)12-21-8-2-5-15(13-21)18(23)22-9-3-7-17(22)11-20/h1,4,6,10,15,17H,2-3,5,7-9,11-13,20H2. The molecule has 2 unspecified atom stereocenters. The second-order valence-corrected chi connectivity index (χ2v) is 6.77. The van der Waals surface area contributed by atoms with E-state index in [9.17, 15) is 9.18 Å². The Bertz CT molecular complexity index is 551. The lowest BCUT2D eigenvalue weighted by molar-refractivity contribution is -0.138. The summed E-state index contributed by atoms with van der Waals surface area (Å²) in [4.78, 5) is 17.1. The van der Waals surface area contributed by atoms with Crippen LogP contribution in [0.1, 0.15) is 31.2 Å². The molecule has 0 spiro atoms. The average molecular weight is 319 g/mol. The van der Waals surface area contributed by atoms with Crippen LogP contribution < -0.4 is 5.73 Å². The fraction of sp³-hybridized carbons (Fsp3) is 0.611. The molecular formula is C18H26FN3O. The van der Waals surface area contributed by atoms with Gasteiger partial charge in [-0.3, -0.25) is 9.69 Å². The van der Waals surface area contributed by atoms with Crippen molar-refractivity contribution in [3.8, 4) is 0 Å². The quantitative estimate of drug-likeness (QED) is 0.923. The van der Waals surface area contributed by atoms with Crippen LogP contribution in [-0.2, 0) is 11.3 Å². The SMILES string of the molecule is NCC1CCCN1C(=O)C1CCCN(Cc2cccc(F)c2)C1. The van der Waals surface area contributed by atoms with Gasteiger partial charge < -0.3 is 10.6 Å². The van der Waals surface area contributed by atoms with Crippen molar-refractivity contribution in [2.24, 2.45) is 11.7 Å². The zero-order valence-corrected chi connectivity index (χ0v) is 13.6. The maximum Gasteiger partial charge on any atom is 0.227 e. The Hall–Kier alpha value is -1.46. The normalized spacial score (nSPS) is 25.7. The third-order valence-electron chi connectivity index (χ3n) is 5.08. The zero-order chi connectivity index (χ0) is 16.2. The maximum absolute atomic E-state index is 13.3. The third kappa shape index (κ3) is 3.90. The van der Waals surface area contributed by atoms with Crippen LogP contribution in [0.4, 0.5) is 4.39 Å². The Morgan fingerprint density at radius 1 is 1.26 bits per heavy atom. The maximum atomic E-state index is 13.3. The Kier molecular flexibility index (Phi) is 5.28. The highest BCUT2D eigenvalue weighted by Crippen LogP contribution is 2.25. The first-order valence-electron chi connectivity index (χ1n) is 8.64. The molecule has 0 aliphatic carbocycles. The molecule has 1 aromatic rings. The predicted molar refractivity (Wildman–Crippen MR) is 88.2 cm³/mol. The van der Waals surface area contributed by atoms with Crippen molar-refractivity contribution >= 4 is 5.91 Å². The van der Waals surface area contributed by atoms with Gasteiger partial charge >= 0.3 is 0 Å². The molecule has 23 heavy (non-hydrogen) atoms. The van der Waals surface area contributed by atoms with Crippen molar-refractivity contribution < 1.29 is 9.18 Å². The molecule has 2 N–H and O–H groups in total. The van der Waals surface area contributed by atoms with Crippen LogP contribution in [0.15, 0.2) is 24.3 Å². The van der Waals surface area contributed by atoms with Gasteiger partial charge in [0.05, 0.1) is 5.92 Å². The number of rotatable bonds is 4.